The van der Waals surface area contributed by atoms with Gasteiger partial charge in [0, 0.05) is 18.1 Å². The molecule has 3 aromatic rings. The minimum absolute atomic E-state index is 0.471. The number of furan rings is 1. The Hall–Kier alpha value is -3.06. The molecule has 0 spiro atoms. The fourth-order valence-corrected chi connectivity index (χ4v) is 2.90. The molecule has 1 unspecified atom stereocenters. The number of nitrogens with zero attached hydrogens (tertiary/aromatic N) is 1. The van der Waals surface area contributed by atoms with E-state index in [9.17, 15) is 4.79 Å². The lowest BCUT2D eigenvalue weighted by Gasteiger charge is -2.21. The number of carbonyl (C=O) groups is 1. The standard InChI is InChI=1S/C22H24N2O4S/c1-2-3-9-21(28-19-7-4-6-17(15-19)24(29)22(23)25)27-18-12-10-16(11-13-18)20-8-5-14-26-20/h4-8,10-15,21,29H,2-3,9H2,1H3,(H2,23,25). The summed E-state index contributed by atoms with van der Waals surface area (Å²) in [7, 11) is 0. The smallest absolute Gasteiger partial charge is 0.329 e. The zero-order valence-corrected chi connectivity index (χ0v) is 17.0. The van der Waals surface area contributed by atoms with Crippen LogP contribution < -0.4 is 19.5 Å². The Balaban J connectivity index is 1.71. The summed E-state index contributed by atoms with van der Waals surface area (Å²) in [5.41, 5.74) is 6.77. The van der Waals surface area contributed by atoms with Gasteiger partial charge in [0.05, 0.1) is 12.0 Å². The molecule has 2 aromatic carbocycles. The predicted molar refractivity (Wildman–Crippen MR) is 116 cm³/mol. The van der Waals surface area contributed by atoms with Gasteiger partial charge in [0.1, 0.15) is 17.3 Å². The van der Waals surface area contributed by atoms with E-state index in [4.69, 9.17) is 19.6 Å². The lowest BCUT2D eigenvalue weighted by atomic mass is 10.2. The second-order valence-electron chi connectivity index (χ2n) is 6.46. The van der Waals surface area contributed by atoms with Gasteiger partial charge < -0.3 is 19.6 Å². The van der Waals surface area contributed by atoms with Gasteiger partial charge >= 0.3 is 6.03 Å². The maximum atomic E-state index is 11.3. The molecule has 0 aliphatic carbocycles. The second-order valence-corrected chi connectivity index (χ2v) is 6.86. The number of carbonyl (C=O) groups excluding carboxylic acids is 1. The third-order valence-corrected chi connectivity index (χ3v) is 4.69. The van der Waals surface area contributed by atoms with Gasteiger partial charge in [0.25, 0.3) is 0 Å². The van der Waals surface area contributed by atoms with Gasteiger partial charge in [0.2, 0.25) is 6.29 Å². The number of urea groups is 1. The normalized spacial score (nSPS) is 11.7. The maximum Gasteiger partial charge on any atom is 0.329 e. The van der Waals surface area contributed by atoms with Gasteiger partial charge in [-0.05, 0) is 55.0 Å². The minimum Gasteiger partial charge on any atom is -0.464 e. The van der Waals surface area contributed by atoms with E-state index in [1.165, 1.54) is 0 Å². The van der Waals surface area contributed by atoms with E-state index in [1.54, 1.807) is 30.5 Å². The Morgan fingerprint density at radius 1 is 1.10 bits per heavy atom. The Morgan fingerprint density at radius 3 is 2.52 bits per heavy atom. The van der Waals surface area contributed by atoms with Crippen LogP contribution in [-0.4, -0.2) is 12.3 Å². The van der Waals surface area contributed by atoms with Crippen LogP contribution in [0.25, 0.3) is 11.3 Å². The van der Waals surface area contributed by atoms with Crippen molar-refractivity contribution in [3.05, 3.63) is 66.9 Å². The molecule has 2 amide bonds. The zero-order valence-electron chi connectivity index (χ0n) is 16.2. The topological polar surface area (TPSA) is 77.9 Å². The number of nitrogens with two attached hydrogens (primary N) is 1. The summed E-state index contributed by atoms with van der Waals surface area (Å²) in [4.78, 5) is 11.3. The van der Waals surface area contributed by atoms with E-state index >= 15 is 0 Å². The highest BCUT2D eigenvalue weighted by molar-refractivity contribution is 7.82. The number of amides is 2. The molecule has 2 N–H and O–H groups in total. The number of ether oxygens (including phenoxy) is 2. The van der Waals surface area contributed by atoms with Crippen LogP contribution >= 0.6 is 12.8 Å². The van der Waals surface area contributed by atoms with Gasteiger partial charge in [-0.3, -0.25) is 0 Å². The van der Waals surface area contributed by atoms with Crippen LogP contribution in [0.1, 0.15) is 26.2 Å². The third kappa shape index (κ3) is 5.71. The Labute approximate surface area is 175 Å². The lowest BCUT2D eigenvalue weighted by molar-refractivity contribution is -0.00206. The first-order chi connectivity index (χ1) is 14.1. The molecule has 29 heavy (non-hydrogen) atoms. The van der Waals surface area contributed by atoms with Crippen molar-refractivity contribution in [1.82, 2.24) is 0 Å². The van der Waals surface area contributed by atoms with Crippen LogP contribution in [0.4, 0.5) is 10.5 Å². The summed E-state index contributed by atoms with van der Waals surface area (Å²) in [6, 6.07) is 17.7. The summed E-state index contributed by atoms with van der Waals surface area (Å²) in [6.45, 7) is 2.11. The first kappa shape index (κ1) is 20.7. The van der Waals surface area contributed by atoms with Crippen LogP contribution in [0.5, 0.6) is 11.5 Å². The molecule has 152 valence electrons. The van der Waals surface area contributed by atoms with E-state index in [0.29, 0.717) is 17.2 Å². The molecule has 6 nitrogen and oxygen atoms in total. The summed E-state index contributed by atoms with van der Waals surface area (Å²) in [5, 5.41) is 0. The number of unbranched alkanes of at least 4 members (excludes halogenated alkanes) is 1. The van der Waals surface area contributed by atoms with Crippen LogP contribution in [0, 0.1) is 0 Å². The van der Waals surface area contributed by atoms with Crippen molar-refractivity contribution in [2.75, 3.05) is 4.31 Å². The average molecular weight is 413 g/mol. The molecule has 1 atom stereocenters. The molecule has 0 saturated carbocycles. The van der Waals surface area contributed by atoms with E-state index in [2.05, 4.69) is 19.7 Å². The molecule has 0 bridgehead atoms. The molecule has 0 aliphatic heterocycles. The summed E-state index contributed by atoms with van der Waals surface area (Å²) >= 11 is 4.09. The Morgan fingerprint density at radius 2 is 1.86 bits per heavy atom. The third-order valence-electron chi connectivity index (χ3n) is 4.26. The first-order valence-electron chi connectivity index (χ1n) is 9.42. The predicted octanol–water partition coefficient (Wildman–Crippen LogP) is 5.65. The van der Waals surface area contributed by atoms with Crippen molar-refractivity contribution in [2.45, 2.75) is 32.5 Å². The number of hydrogen-bond acceptors (Lipinski definition) is 5. The minimum atomic E-state index is -0.666. The molecule has 7 heteroatoms. The zero-order chi connectivity index (χ0) is 20.6. The van der Waals surface area contributed by atoms with Crippen molar-refractivity contribution < 1.29 is 18.7 Å². The van der Waals surface area contributed by atoms with Gasteiger partial charge in [-0.1, -0.05) is 32.2 Å². The van der Waals surface area contributed by atoms with E-state index in [1.807, 2.05) is 36.4 Å². The fraction of sp³-hybridized carbons (Fsp3) is 0.227. The summed E-state index contributed by atoms with van der Waals surface area (Å²) in [6.07, 6.45) is 3.87. The molecule has 1 heterocycles. The van der Waals surface area contributed by atoms with Crippen LogP contribution in [0.3, 0.4) is 0 Å². The quantitative estimate of drug-likeness (QED) is 0.352. The summed E-state index contributed by atoms with van der Waals surface area (Å²) in [5.74, 6) is 2.07. The van der Waals surface area contributed by atoms with E-state index in [0.717, 1.165) is 34.9 Å². The second kappa shape index (κ2) is 9.93. The highest BCUT2D eigenvalue weighted by Crippen LogP contribution is 2.27. The van der Waals surface area contributed by atoms with Gasteiger partial charge in [-0.2, -0.15) is 0 Å². The molecular weight excluding hydrogens is 388 g/mol. The average Bonchev–Trinajstić information content (AvgIpc) is 3.27. The molecule has 0 saturated heterocycles. The summed E-state index contributed by atoms with van der Waals surface area (Å²) < 4.78 is 18.6. The number of benzene rings is 2. The van der Waals surface area contributed by atoms with Crippen molar-refractivity contribution in [3.8, 4) is 22.8 Å². The number of primary amides is 1. The van der Waals surface area contributed by atoms with Gasteiger partial charge in [-0.25, -0.2) is 9.10 Å². The Kier molecular flexibility index (Phi) is 7.08. The van der Waals surface area contributed by atoms with Crippen LogP contribution in [0.2, 0.25) is 0 Å². The molecule has 0 fully saturated rings. The molecule has 0 aliphatic rings. The highest BCUT2D eigenvalue weighted by atomic mass is 32.1. The SMILES string of the molecule is CCCCC(Oc1ccc(-c2ccco2)cc1)Oc1cccc(N(S)C(N)=O)c1. The van der Waals surface area contributed by atoms with E-state index < -0.39 is 12.3 Å². The highest BCUT2D eigenvalue weighted by Gasteiger charge is 2.15. The van der Waals surface area contributed by atoms with Crippen molar-refractivity contribution in [2.24, 2.45) is 5.73 Å². The maximum absolute atomic E-state index is 11.3. The fourth-order valence-electron chi connectivity index (χ4n) is 2.77. The number of thiol groups is 1. The van der Waals surface area contributed by atoms with Crippen LogP contribution in [0.15, 0.2) is 71.3 Å². The van der Waals surface area contributed by atoms with Crippen molar-refractivity contribution >= 4 is 24.5 Å². The number of anilines is 1. The van der Waals surface area contributed by atoms with Gasteiger partial charge in [0.15, 0.2) is 0 Å². The van der Waals surface area contributed by atoms with Gasteiger partial charge in [-0.15, -0.1) is 0 Å². The molecule has 3 rings (SSSR count). The van der Waals surface area contributed by atoms with Crippen LogP contribution in [-0.2, 0) is 0 Å². The molecule has 0 radical (unpaired) electrons. The number of hydrogen-bond donors (Lipinski definition) is 2. The monoisotopic (exact) mass is 412 g/mol. The van der Waals surface area contributed by atoms with Crippen molar-refractivity contribution in [1.29, 1.82) is 0 Å². The largest absolute Gasteiger partial charge is 0.464 e. The molecular formula is C22H24N2O4S. The molecule has 1 aromatic heterocycles. The van der Waals surface area contributed by atoms with Crippen molar-refractivity contribution in [3.63, 3.8) is 0 Å². The number of rotatable bonds is 9. The Bertz CT molecular complexity index is 913. The first-order valence-corrected chi connectivity index (χ1v) is 9.82. The lowest BCUT2D eigenvalue weighted by Crippen LogP contribution is -2.27. The van der Waals surface area contributed by atoms with E-state index in [-0.39, 0.29) is 0 Å².